The number of hydrogen-bond acceptors (Lipinski definition) is 7. The summed E-state index contributed by atoms with van der Waals surface area (Å²) in [7, 11) is 3.08. The van der Waals surface area contributed by atoms with E-state index in [4.69, 9.17) is 20.9 Å². The monoisotopic (exact) mass is 687 g/mol. The van der Waals surface area contributed by atoms with E-state index < -0.39 is 23.2 Å². The van der Waals surface area contributed by atoms with Crippen LogP contribution in [-0.2, 0) is 17.3 Å². The van der Waals surface area contributed by atoms with Crippen molar-refractivity contribution in [2.75, 3.05) is 33.9 Å². The number of fused-ring (bicyclic) bond motifs is 1. The highest BCUT2D eigenvalue weighted by Gasteiger charge is 2.36. The van der Waals surface area contributed by atoms with Crippen LogP contribution >= 0.6 is 0 Å². The molecule has 0 bridgehead atoms. The van der Waals surface area contributed by atoms with Crippen LogP contribution in [0.25, 0.3) is 28.0 Å². The fourth-order valence-corrected chi connectivity index (χ4v) is 5.83. The predicted molar refractivity (Wildman–Crippen MR) is 184 cm³/mol. The van der Waals surface area contributed by atoms with Crippen LogP contribution < -0.4 is 27.2 Å². The van der Waals surface area contributed by atoms with E-state index in [1.54, 1.807) is 26.2 Å². The predicted octanol–water partition coefficient (Wildman–Crippen LogP) is 6.04. The van der Waals surface area contributed by atoms with Gasteiger partial charge in [0.05, 0.1) is 36.5 Å². The summed E-state index contributed by atoms with van der Waals surface area (Å²) in [5, 5.41) is 3.96. The molecule has 266 valence electrons. The van der Waals surface area contributed by atoms with Crippen molar-refractivity contribution in [3.05, 3.63) is 75.6 Å². The molecule has 14 heteroatoms. The van der Waals surface area contributed by atoms with E-state index in [2.05, 4.69) is 27.2 Å². The van der Waals surface area contributed by atoms with Gasteiger partial charge >= 0.3 is 11.9 Å². The first-order valence-electron chi connectivity index (χ1n) is 16.3. The van der Waals surface area contributed by atoms with Crippen LogP contribution in [-0.4, -0.2) is 60.3 Å². The zero-order valence-electron chi connectivity index (χ0n) is 28.3. The van der Waals surface area contributed by atoms with Crippen molar-refractivity contribution in [3.63, 3.8) is 0 Å². The normalized spacial score (nSPS) is 13.6. The molecule has 2 atom stereocenters. The van der Waals surface area contributed by atoms with E-state index in [1.165, 1.54) is 30.0 Å². The lowest BCUT2D eigenvalue weighted by Gasteiger charge is -2.22. The van der Waals surface area contributed by atoms with Gasteiger partial charge in [-0.3, -0.25) is 9.56 Å². The maximum Gasteiger partial charge on any atom is 0.419 e. The molecule has 0 radical (unpaired) electrons. The first-order valence-corrected chi connectivity index (χ1v) is 16.3. The van der Waals surface area contributed by atoms with E-state index in [0.717, 1.165) is 37.4 Å². The molecule has 0 spiro atoms. The second kappa shape index (κ2) is 16.9. The summed E-state index contributed by atoms with van der Waals surface area (Å²) in [5.74, 6) is -0.293. The van der Waals surface area contributed by atoms with Crippen LogP contribution in [0.15, 0.2) is 52.4 Å². The van der Waals surface area contributed by atoms with Crippen LogP contribution in [0.3, 0.4) is 0 Å². The fraction of sp³-hybridized carbons (Fsp3) is 0.457. The average molecular weight is 688 g/mol. The van der Waals surface area contributed by atoms with E-state index in [-0.39, 0.29) is 35.4 Å². The molecule has 2 aromatic carbocycles. The number of hydrogen-bond donors (Lipinski definition) is 4. The smallest absolute Gasteiger partial charge is 0.419 e. The topological polar surface area (TPSA) is 146 Å². The van der Waals surface area contributed by atoms with Gasteiger partial charge in [0.25, 0.3) is 0 Å². The van der Waals surface area contributed by atoms with Crippen molar-refractivity contribution >= 4 is 16.9 Å². The van der Waals surface area contributed by atoms with E-state index >= 15 is 4.39 Å². The molecular formula is C35H45F4N7O3. The minimum Gasteiger partial charge on any atom is -0.496 e. The fourth-order valence-electron chi connectivity index (χ4n) is 5.83. The van der Waals surface area contributed by atoms with Gasteiger partial charge in [0.15, 0.2) is 0 Å². The third-order valence-corrected chi connectivity index (χ3v) is 8.19. The highest BCUT2D eigenvalue weighted by molar-refractivity contribution is 5.83. The number of methoxy groups -OCH3 is 2. The van der Waals surface area contributed by atoms with Crippen molar-refractivity contribution in [1.82, 2.24) is 19.9 Å². The molecule has 0 saturated heterocycles. The highest BCUT2D eigenvalue weighted by Crippen LogP contribution is 2.38. The third-order valence-electron chi connectivity index (χ3n) is 8.19. The van der Waals surface area contributed by atoms with Crippen LogP contribution in [0.4, 0.5) is 17.6 Å². The third kappa shape index (κ3) is 9.67. The Hall–Kier alpha value is -4.27. The Morgan fingerprint density at radius 3 is 2.59 bits per heavy atom. The molecule has 0 aliphatic heterocycles. The quantitative estimate of drug-likeness (QED) is 0.0458. The number of benzene rings is 2. The highest BCUT2D eigenvalue weighted by atomic mass is 19.4. The van der Waals surface area contributed by atoms with Crippen molar-refractivity contribution in [1.29, 1.82) is 0 Å². The zero-order valence-corrected chi connectivity index (χ0v) is 28.3. The maximum atomic E-state index is 15.4. The number of nitrogens with one attached hydrogen (secondary N) is 2. The second-order valence-corrected chi connectivity index (χ2v) is 12.1. The lowest BCUT2D eigenvalue weighted by atomic mass is 9.98. The van der Waals surface area contributed by atoms with Gasteiger partial charge in [-0.25, -0.2) is 9.18 Å². The minimum absolute atomic E-state index is 0.00384. The van der Waals surface area contributed by atoms with Gasteiger partial charge in [0, 0.05) is 54.5 Å². The van der Waals surface area contributed by atoms with Crippen LogP contribution in [0.1, 0.15) is 68.7 Å². The zero-order chi connectivity index (χ0) is 35.7. The summed E-state index contributed by atoms with van der Waals surface area (Å²) in [6.07, 6.45) is 0.462. The first kappa shape index (κ1) is 37.5. The number of ether oxygens (including phenoxy) is 2. The number of alkyl halides is 3. The van der Waals surface area contributed by atoms with Gasteiger partial charge in [0.1, 0.15) is 17.2 Å². The molecule has 4 aromatic rings. The van der Waals surface area contributed by atoms with Gasteiger partial charge in [-0.15, -0.1) is 0 Å². The number of aryl methyl sites for hydroxylation is 1. The molecule has 6 N–H and O–H groups in total. The maximum absolute atomic E-state index is 15.4. The Kier molecular flexibility index (Phi) is 13.0. The number of rotatable bonds is 17. The minimum atomic E-state index is -4.91. The van der Waals surface area contributed by atoms with Crippen LogP contribution in [0, 0.1) is 5.82 Å². The summed E-state index contributed by atoms with van der Waals surface area (Å²) in [6.45, 7) is 5.51. The average Bonchev–Trinajstić information content (AvgIpc) is 3.46. The number of aliphatic imine (C=N–C) groups is 1. The molecule has 0 amide bonds. The Morgan fingerprint density at radius 1 is 1.14 bits per heavy atom. The molecule has 0 saturated carbocycles. The molecule has 2 aromatic heterocycles. The lowest BCUT2D eigenvalue weighted by Crippen LogP contribution is -2.25. The van der Waals surface area contributed by atoms with Crippen molar-refractivity contribution in [2.24, 2.45) is 16.5 Å². The summed E-state index contributed by atoms with van der Waals surface area (Å²) >= 11 is 0. The number of amidine groups is 1. The number of halogens is 4. The Morgan fingerprint density at radius 2 is 1.92 bits per heavy atom. The SMILES string of the molecule is CCCC(NCCCN=C(C)N)c1ccc(-n2cc3cc(-c4cc(CCCC(N)COC)cc(C(F)(F)F)c4F)[nH]c3nc2=O)cc1OC. The summed E-state index contributed by atoms with van der Waals surface area (Å²) in [6, 6.07) is 8.85. The summed E-state index contributed by atoms with van der Waals surface area (Å²) in [4.78, 5) is 24.4. The van der Waals surface area contributed by atoms with Crippen molar-refractivity contribution in [3.8, 4) is 22.7 Å². The van der Waals surface area contributed by atoms with Crippen LogP contribution in [0.5, 0.6) is 5.75 Å². The number of nitrogens with zero attached hydrogens (tertiary/aromatic N) is 3. The molecule has 10 nitrogen and oxygen atoms in total. The Balaban J connectivity index is 1.66. The van der Waals surface area contributed by atoms with E-state index in [9.17, 15) is 18.0 Å². The van der Waals surface area contributed by atoms with Crippen LogP contribution in [0.2, 0.25) is 0 Å². The van der Waals surface area contributed by atoms with Crippen molar-refractivity contribution in [2.45, 2.75) is 70.6 Å². The second-order valence-electron chi connectivity index (χ2n) is 12.1. The standard InChI is InChI=1S/C35H45F4N7O3/c1-5-8-29(43-14-7-13-42-21(2)40)26-12-11-25(18-31(26)49-4)46-19-23-17-30(44-33(23)45-34(46)47)27-15-22(9-6-10-24(41)20-48-3)16-28(32(27)36)35(37,38)39/h11-12,15-19,24,29,43H,5-10,13-14,20,41H2,1-4H3,(H2,40,42)(H,44,45,47). The Labute approximate surface area is 282 Å². The molecular weight excluding hydrogens is 642 g/mol. The summed E-state index contributed by atoms with van der Waals surface area (Å²) < 4.78 is 69.2. The molecule has 0 aliphatic rings. The Bertz CT molecular complexity index is 1800. The van der Waals surface area contributed by atoms with Crippen molar-refractivity contribution < 1.29 is 27.0 Å². The molecule has 2 unspecified atom stereocenters. The van der Waals surface area contributed by atoms with Gasteiger partial charge < -0.3 is 31.2 Å². The molecule has 0 fully saturated rings. The molecule has 4 rings (SSSR count). The first-order chi connectivity index (χ1) is 23.4. The van der Waals surface area contributed by atoms with E-state index in [0.29, 0.717) is 54.2 Å². The summed E-state index contributed by atoms with van der Waals surface area (Å²) in [5.41, 5.74) is 11.2. The van der Waals surface area contributed by atoms with Gasteiger partial charge in [-0.2, -0.15) is 18.2 Å². The number of aromatic amines is 1. The van der Waals surface area contributed by atoms with Gasteiger partial charge in [0.2, 0.25) is 0 Å². The number of H-pyrrole nitrogens is 1. The molecule has 2 heterocycles. The van der Waals surface area contributed by atoms with Gasteiger partial charge in [-0.05, 0) is 75.4 Å². The molecule has 0 aliphatic carbocycles. The van der Waals surface area contributed by atoms with E-state index in [1.807, 2.05) is 6.07 Å². The largest absolute Gasteiger partial charge is 0.496 e. The molecule has 49 heavy (non-hydrogen) atoms. The lowest BCUT2D eigenvalue weighted by molar-refractivity contribution is -0.140. The van der Waals surface area contributed by atoms with Gasteiger partial charge in [-0.1, -0.05) is 19.4 Å². The number of aromatic nitrogens is 3. The number of nitrogens with two attached hydrogens (primary N) is 2.